The number of fused-ring (bicyclic) bond motifs is 1. The second-order valence-corrected chi connectivity index (χ2v) is 12.7. The van der Waals surface area contributed by atoms with Gasteiger partial charge in [0.1, 0.15) is 7.14 Å². The number of hydrogen-bond acceptors (Lipinski definition) is 6. The van der Waals surface area contributed by atoms with Gasteiger partial charge in [-0.25, -0.2) is 9.97 Å². The SMILES string of the molecule is C[C@H]1CC[C@H](Nc2ncc(Cl)c(-c3c[nH]c4c(P5(=O)CCCCC5)c(C#N)ccc34)n2)CN1. The first kappa shape index (κ1) is 22.4. The number of anilines is 1. The zero-order valence-corrected chi connectivity index (χ0v) is 20.3. The Labute approximate surface area is 198 Å². The fourth-order valence-electron chi connectivity index (χ4n) is 5.07. The van der Waals surface area contributed by atoms with Gasteiger partial charge in [0.25, 0.3) is 0 Å². The third-order valence-electron chi connectivity index (χ3n) is 6.89. The zero-order chi connectivity index (χ0) is 23.0. The van der Waals surface area contributed by atoms with E-state index in [4.69, 9.17) is 16.6 Å². The lowest BCUT2D eigenvalue weighted by atomic mass is 10.0. The minimum Gasteiger partial charge on any atom is -0.360 e. The highest BCUT2D eigenvalue weighted by atomic mass is 35.5. The number of aromatic nitrogens is 3. The van der Waals surface area contributed by atoms with E-state index in [2.05, 4.69) is 33.6 Å². The summed E-state index contributed by atoms with van der Waals surface area (Å²) >= 11 is 6.54. The third kappa shape index (κ3) is 4.28. The second-order valence-electron chi connectivity index (χ2n) is 9.21. The first-order chi connectivity index (χ1) is 16.0. The molecule has 2 atom stereocenters. The smallest absolute Gasteiger partial charge is 0.223 e. The quantitative estimate of drug-likeness (QED) is 0.458. The van der Waals surface area contributed by atoms with Gasteiger partial charge in [0.05, 0.1) is 39.4 Å². The van der Waals surface area contributed by atoms with Crippen LogP contribution in [-0.2, 0) is 4.57 Å². The van der Waals surface area contributed by atoms with Crippen LogP contribution < -0.4 is 15.9 Å². The fraction of sp³-hybridized carbons (Fsp3) is 0.458. The Kier molecular flexibility index (Phi) is 6.18. The highest BCUT2D eigenvalue weighted by Crippen LogP contribution is 2.51. The molecule has 5 rings (SSSR count). The van der Waals surface area contributed by atoms with Crippen LogP contribution in [0.1, 0.15) is 44.6 Å². The predicted molar refractivity (Wildman–Crippen MR) is 134 cm³/mol. The van der Waals surface area contributed by atoms with E-state index in [0.29, 0.717) is 45.9 Å². The lowest BCUT2D eigenvalue weighted by Gasteiger charge is -2.28. The summed E-state index contributed by atoms with van der Waals surface area (Å²) in [5.74, 6) is 0.541. The molecule has 0 bridgehead atoms. The highest BCUT2D eigenvalue weighted by Gasteiger charge is 2.32. The summed E-state index contributed by atoms with van der Waals surface area (Å²) in [4.78, 5) is 12.4. The standard InChI is InChI=1S/C24H28ClN6OP/c1-15-5-7-17(12-27-15)30-24-29-14-20(25)21(31-24)19-13-28-22-18(19)8-6-16(11-26)23(22)33(32)9-3-2-4-10-33/h6,8,13-15,17,27-28H,2-5,7,9-10,12H2,1H3,(H,29,30,31)/t15-,17-/m0/s1. The maximum atomic E-state index is 13.9. The number of nitrogens with one attached hydrogen (secondary N) is 3. The summed E-state index contributed by atoms with van der Waals surface area (Å²) in [5.41, 5.74) is 2.71. The Balaban J connectivity index is 1.55. The van der Waals surface area contributed by atoms with Gasteiger partial charge in [0.15, 0.2) is 0 Å². The van der Waals surface area contributed by atoms with Crippen molar-refractivity contribution in [2.75, 3.05) is 24.2 Å². The topological polar surface area (TPSA) is 106 Å². The van der Waals surface area contributed by atoms with Gasteiger partial charge in [-0.2, -0.15) is 5.26 Å². The maximum absolute atomic E-state index is 13.9. The van der Waals surface area contributed by atoms with E-state index >= 15 is 0 Å². The summed E-state index contributed by atoms with van der Waals surface area (Å²) in [6.07, 6.45) is 9.92. The summed E-state index contributed by atoms with van der Waals surface area (Å²) in [6, 6.07) is 6.74. The average molecular weight is 483 g/mol. The van der Waals surface area contributed by atoms with Crippen molar-refractivity contribution in [2.24, 2.45) is 0 Å². The number of aromatic amines is 1. The van der Waals surface area contributed by atoms with Crippen LogP contribution in [0.5, 0.6) is 0 Å². The number of benzene rings is 1. The van der Waals surface area contributed by atoms with E-state index in [1.54, 1.807) is 12.3 Å². The Bertz CT molecular complexity index is 1260. The molecule has 0 unspecified atom stereocenters. The van der Waals surface area contributed by atoms with Crippen LogP contribution in [-0.4, -0.2) is 45.9 Å². The Hall–Kier alpha value is -2.39. The normalized spacial score (nSPS) is 22.7. The lowest BCUT2D eigenvalue weighted by molar-refractivity contribution is 0.397. The van der Waals surface area contributed by atoms with Crippen molar-refractivity contribution in [2.45, 2.75) is 51.1 Å². The van der Waals surface area contributed by atoms with Crippen LogP contribution in [0.25, 0.3) is 22.2 Å². The molecule has 2 fully saturated rings. The molecule has 0 aliphatic carbocycles. The maximum Gasteiger partial charge on any atom is 0.223 e. The van der Waals surface area contributed by atoms with Gasteiger partial charge in [-0.15, -0.1) is 0 Å². The van der Waals surface area contributed by atoms with E-state index < -0.39 is 7.14 Å². The van der Waals surface area contributed by atoms with Crippen LogP contribution in [0.4, 0.5) is 5.95 Å². The molecule has 0 saturated carbocycles. The molecule has 3 N–H and O–H groups in total. The molecule has 0 radical (unpaired) electrons. The molecule has 2 aromatic heterocycles. The first-order valence-electron chi connectivity index (χ1n) is 11.6. The molecular formula is C24H28ClN6OP. The summed E-state index contributed by atoms with van der Waals surface area (Å²) in [5, 5.41) is 18.7. The molecule has 172 valence electrons. The summed E-state index contributed by atoms with van der Waals surface area (Å²) in [7, 11) is -2.63. The van der Waals surface area contributed by atoms with Gasteiger partial charge in [-0.05, 0) is 38.7 Å². The van der Waals surface area contributed by atoms with Crippen LogP contribution >= 0.6 is 18.7 Å². The average Bonchev–Trinajstić information content (AvgIpc) is 3.25. The fourth-order valence-corrected chi connectivity index (χ4v) is 8.56. The van der Waals surface area contributed by atoms with Crippen LogP contribution in [0.15, 0.2) is 24.5 Å². The number of piperidine rings is 1. The molecule has 3 aromatic rings. The molecule has 9 heteroatoms. The van der Waals surface area contributed by atoms with Gasteiger partial charge in [0.2, 0.25) is 5.95 Å². The summed E-state index contributed by atoms with van der Waals surface area (Å²) in [6.45, 7) is 3.06. The lowest BCUT2D eigenvalue weighted by Crippen LogP contribution is -2.43. The molecule has 0 spiro atoms. The Morgan fingerprint density at radius 1 is 1.24 bits per heavy atom. The number of nitriles is 1. The number of rotatable bonds is 4. The van der Waals surface area contributed by atoms with Crippen molar-refractivity contribution in [1.82, 2.24) is 20.3 Å². The van der Waals surface area contributed by atoms with E-state index in [1.807, 2.05) is 12.3 Å². The first-order valence-corrected chi connectivity index (χ1v) is 14.1. The predicted octanol–water partition coefficient (Wildman–Crippen LogP) is 4.87. The van der Waals surface area contributed by atoms with Gasteiger partial charge < -0.3 is 20.2 Å². The van der Waals surface area contributed by atoms with Crippen molar-refractivity contribution in [1.29, 1.82) is 5.26 Å². The Morgan fingerprint density at radius 3 is 2.79 bits per heavy atom. The van der Waals surface area contributed by atoms with Crippen LogP contribution in [0.3, 0.4) is 0 Å². The Morgan fingerprint density at radius 2 is 2.06 bits per heavy atom. The van der Waals surface area contributed by atoms with Crippen molar-refractivity contribution >= 4 is 40.9 Å². The van der Waals surface area contributed by atoms with Crippen LogP contribution in [0, 0.1) is 11.3 Å². The van der Waals surface area contributed by atoms with Gasteiger partial charge in [-0.3, -0.25) is 0 Å². The second kappa shape index (κ2) is 9.10. The largest absolute Gasteiger partial charge is 0.360 e. The number of nitrogens with zero attached hydrogens (tertiary/aromatic N) is 3. The van der Waals surface area contributed by atoms with Crippen molar-refractivity contribution in [3.05, 3.63) is 35.1 Å². The molecular weight excluding hydrogens is 455 g/mol. The highest BCUT2D eigenvalue weighted by molar-refractivity contribution is 7.72. The van der Waals surface area contributed by atoms with Gasteiger partial charge >= 0.3 is 0 Å². The molecule has 7 nitrogen and oxygen atoms in total. The van der Waals surface area contributed by atoms with Crippen molar-refractivity contribution in [3.8, 4) is 17.3 Å². The van der Waals surface area contributed by atoms with Crippen LogP contribution in [0.2, 0.25) is 5.02 Å². The van der Waals surface area contributed by atoms with Gasteiger partial charge in [-0.1, -0.05) is 24.1 Å². The number of H-pyrrole nitrogens is 1. The number of hydrogen-bond donors (Lipinski definition) is 3. The summed E-state index contributed by atoms with van der Waals surface area (Å²) < 4.78 is 13.9. The van der Waals surface area contributed by atoms with E-state index in [9.17, 15) is 9.83 Å². The number of halogens is 1. The molecule has 33 heavy (non-hydrogen) atoms. The molecule has 0 amide bonds. The third-order valence-corrected chi connectivity index (χ3v) is 10.5. The molecule has 1 aromatic carbocycles. The monoisotopic (exact) mass is 482 g/mol. The van der Waals surface area contributed by atoms with Crippen molar-refractivity contribution < 1.29 is 4.57 Å². The molecule has 4 heterocycles. The zero-order valence-electron chi connectivity index (χ0n) is 18.7. The minimum absolute atomic E-state index is 0.263. The minimum atomic E-state index is -2.63. The molecule has 2 aliphatic heterocycles. The van der Waals surface area contributed by atoms with Crippen molar-refractivity contribution in [3.63, 3.8) is 0 Å². The van der Waals surface area contributed by atoms with E-state index in [0.717, 1.165) is 55.1 Å². The van der Waals surface area contributed by atoms with Gasteiger partial charge in [0, 0.05) is 48.1 Å². The molecule has 2 aliphatic rings. The molecule has 2 saturated heterocycles. The van der Waals surface area contributed by atoms with E-state index in [-0.39, 0.29) is 6.04 Å². The van der Waals surface area contributed by atoms with E-state index in [1.165, 1.54) is 0 Å².